The van der Waals surface area contributed by atoms with E-state index in [0.717, 1.165) is 25.9 Å². The molecule has 1 saturated heterocycles. The molecule has 1 aliphatic heterocycles. The lowest BCUT2D eigenvalue weighted by atomic mass is 9.98. The van der Waals surface area contributed by atoms with Crippen molar-refractivity contribution in [2.45, 2.75) is 24.7 Å². The lowest BCUT2D eigenvalue weighted by molar-refractivity contribution is -0.122. The highest BCUT2D eigenvalue weighted by Crippen LogP contribution is 2.28. The second-order valence-corrected chi connectivity index (χ2v) is 12.0. The molecule has 1 aromatic heterocycles. The van der Waals surface area contributed by atoms with Crippen LogP contribution < -0.4 is 14.8 Å². The molecule has 0 spiro atoms. The van der Waals surface area contributed by atoms with Gasteiger partial charge in [-0.2, -0.15) is 0 Å². The molecule has 0 amide bonds. The van der Waals surface area contributed by atoms with Gasteiger partial charge in [-0.25, -0.2) is 27.2 Å². The van der Waals surface area contributed by atoms with Crippen LogP contribution in [-0.2, 0) is 14.8 Å². The number of aryl methyl sites for hydroxylation is 1. The maximum Gasteiger partial charge on any atom is 0.290 e. The molecule has 3 aromatic carbocycles. The van der Waals surface area contributed by atoms with Crippen LogP contribution in [0.25, 0.3) is 11.3 Å². The number of carbonyl (C=O) groups is 1. The van der Waals surface area contributed by atoms with Crippen molar-refractivity contribution in [3.8, 4) is 17.0 Å². The zero-order valence-corrected chi connectivity index (χ0v) is 25.0. The Morgan fingerprint density at radius 2 is 1.66 bits per heavy atom. The van der Waals surface area contributed by atoms with E-state index in [9.17, 15) is 17.2 Å². The molecule has 0 bridgehead atoms. The number of benzene rings is 3. The van der Waals surface area contributed by atoms with Gasteiger partial charge in [0.05, 0.1) is 12.3 Å². The van der Waals surface area contributed by atoms with Crippen molar-refractivity contribution in [2.24, 2.45) is 5.92 Å². The van der Waals surface area contributed by atoms with E-state index in [1.54, 1.807) is 49.4 Å². The summed E-state index contributed by atoms with van der Waals surface area (Å²) in [6, 6.07) is 16.8. The van der Waals surface area contributed by atoms with Crippen LogP contribution in [0.2, 0.25) is 0 Å². The predicted molar refractivity (Wildman–Crippen MR) is 164 cm³/mol. The van der Waals surface area contributed by atoms with E-state index in [1.165, 1.54) is 30.6 Å². The van der Waals surface area contributed by atoms with Gasteiger partial charge in [-0.1, -0.05) is 6.07 Å². The van der Waals surface area contributed by atoms with Gasteiger partial charge >= 0.3 is 0 Å². The van der Waals surface area contributed by atoms with Gasteiger partial charge < -0.3 is 20.1 Å². The van der Waals surface area contributed by atoms with Crippen molar-refractivity contribution in [1.29, 1.82) is 0 Å². The number of nitrogens with one attached hydrogen (secondary N) is 2. The molecule has 44 heavy (non-hydrogen) atoms. The van der Waals surface area contributed by atoms with Gasteiger partial charge in [0.25, 0.3) is 16.5 Å². The second kappa shape index (κ2) is 14.7. The Morgan fingerprint density at radius 1 is 0.977 bits per heavy atom. The molecule has 3 N–H and O–H groups in total. The molecular formula is C31H33F2N5O5S. The number of nitrogens with zero attached hydrogens (tertiary/aromatic N) is 3. The first-order chi connectivity index (χ1) is 21.1. The number of piperidine rings is 1. The third kappa shape index (κ3) is 8.71. The van der Waals surface area contributed by atoms with Crippen LogP contribution >= 0.6 is 0 Å². The number of hydrogen-bond acceptors (Lipinski definition) is 8. The molecule has 232 valence electrons. The Hall–Kier alpha value is -4.62. The van der Waals surface area contributed by atoms with Gasteiger partial charge in [0.1, 0.15) is 22.9 Å². The summed E-state index contributed by atoms with van der Waals surface area (Å²) in [4.78, 5) is 18.7. The van der Waals surface area contributed by atoms with Crippen LogP contribution in [-0.4, -0.2) is 61.6 Å². The van der Waals surface area contributed by atoms with Crippen LogP contribution in [0.1, 0.15) is 18.4 Å². The van der Waals surface area contributed by atoms with E-state index in [2.05, 4.69) is 32.0 Å². The number of sulfonamides is 1. The highest BCUT2D eigenvalue weighted by atomic mass is 32.2. The summed E-state index contributed by atoms with van der Waals surface area (Å²) in [5.74, 6) is -0.155. The number of likely N-dealkylation sites (tertiary alicyclic amines) is 1. The Morgan fingerprint density at radius 3 is 2.32 bits per heavy atom. The molecule has 5 rings (SSSR count). The van der Waals surface area contributed by atoms with Gasteiger partial charge in [0.15, 0.2) is 11.6 Å². The van der Waals surface area contributed by atoms with E-state index in [0.29, 0.717) is 40.9 Å². The number of anilines is 3. The van der Waals surface area contributed by atoms with E-state index < -0.39 is 26.6 Å². The van der Waals surface area contributed by atoms with Crippen molar-refractivity contribution in [3.05, 3.63) is 90.3 Å². The summed E-state index contributed by atoms with van der Waals surface area (Å²) in [7, 11) is -1.99. The van der Waals surface area contributed by atoms with Crippen LogP contribution in [0.5, 0.6) is 5.75 Å². The molecule has 10 nitrogen and oxygen atoms in total. The van der Waals surface area contributed by atoms with E-state index in [1.807, 2.05) is 0 Å². The first-order valence-corrected chi connectivity index (χ1v) is 15.2. The molecule has 0 saturated carbocycles. The highest BCUT2D eigenvalue weighted by Gasteiger charge is 2.20. The monoisotopic (exact) mass is 625 g/mol. The van der Waals surface area contributed by atoms with E-state index in [-0.39, 0.29) is 17.9 Å². The lowest BCUT2D eigenvalue weighted by Crippen LogP contribution is -2.32. The Bertz CT molecular complexity index is 1680. The summed E-state index contributed by atoms with van der Waals surface area (Å²) in [5, 5.41) is 10.0. The third-order valence-electron chi connectivity index (χ3n) is 6.99. The fraction of sp³-hybridized carbons (Fsp3) is 0.258. The van der Waals surface area contributed by atoms with Gasteiger partial charge in [-0.15, -0.1) is 0 Å². The normalized spacial score (nSPS) is 13.8. The molecule has 0 radical (unpaired) electrons. The summed E-state index contributed by atoms with van der Waals surface area (Å²) < 4.78 is 62.5. The molecular weight excluding hydrogens is 592 g/mol. The molecule has 4 aromatic rings. The average Bonchev–Trinajstić information content (AvgIpc) is 2.98. The van der Waals surface area contributed by atoms with Gasteiger partial charge in [-0.3, -0.25) is 9.52 Å². The summed E-state index contributed by atoms with van der Waals surface area (Å²) in [6.07, 6.45) is 3.45. The van der Waals surface area contributed by atoms with Crippen LogP contribution in [0.4, 0.5) is 26.0 Å². The molecule has 2 heterocycles. The summed E-state index contributed by atoms with van der Waals surface area (Å²) in [6.45, 7) is 3.98. The quantitative estimate of drug-likeness (QED) is 0.200. The minimum absolute atomic E-state index is 0.223. The fourth-order valence-electron chi connectivity index (χ4n) is 4.60. The van der Waals surface area contributed by atoms with E-state index in [4.69, 9.17) is 14.6 Å². The predicted octanol–water partition coefficient (Wildman–Crippen LogP) is 5.70. The Labute approximate surface area is 254 Å². The average molecular weight is 626 g/mol. The first kappa shape index (κ1) is 32.3. The van der Waals surface area contributed by atoms with Crippen molar-refractivity contribution >= 4 is 33.7 Å². The van der Waals surface area contributed by atoms with E-state index >= 15 is 0 Å². The molecule has 0 aliphatic carbocycles. The molecule has 1 fully saturated rings. The minimum atomic E-state index is -4.09. The lowest BCUT2D eigenvalue weighted by Gasteiger charge is -2.28. The van der Waals surface area contributed by atoms with Gasteiger partial charge in [0.2, 0.25) is 0 Å². The molecule has 0 unspecified atom stereocenters. The first-order valence-electron chi connectivity index (χ1n) is 13.7. The van der Waals surface area contributed by atoms with Crippen molar-refractivity contribution in [3.63, 3.8) is 0 Å². The Kier molecular flexibility index (Phi) is 10.8. The highest BCUT2D eigenvalue weighted by molar-refractivity contribution is 7.92. The number of aromatic nitrogens is 2. The third-order valence-corrected chi connectivity index (χ3v) is 8.41. The minimum Gasteiger partial charge on any atom is -0.490 e. The van der Waals surface area contributed by atoms with Crippen molar-refractivity contribution in [2.75, 3.05) is 36.8 Å². The maximum absolute atomic E-state index is 14.8. The van der Waals surface area contributed by atoms with Crippen LogP contribution in [0.15, 0.2) is 78.0 Å². The summed E-state index contributed by atoms with van der Waals surface area (Å²) >= 11 is 0. The van der Waals surface area contributed by atoms with Crippen LogP contribution in [0, 0.1) is 24.5 Å². The standard InChI is InChI=1S/C30H31F2N5O3S.CH2O2/c1-20-3-10-29(26(32)15-20)41(38,39)36-24-7-5-23(6-8-24)35-30-17-27(33-19-34-30)22-4-9-28(25(31)16-22)40-18-21-11-13-37(2)14-12-21;2-1-3/h3-10,15-17,19,21,36H,11-14,18H2,1-2H3,(H,33,34,35);1H,(H,2,3). The largest absolute Gasteiger partial charge is 0.490 e. The maximum atomic E-state index is 14.8. The summed E-state index contributed by atoms with van der Waals surface area (Å²) in [5.41, 5.74) is 2.62. The number of halogens is 2. The zero-order chi connectivity index (χ0) is 31.7. The van der Waals surface area contributed by atoms with Crippen LogP contribution in [0.3, 0.4) is 0 Å². The second-order valence-electron chi connectivity index (χ2n) is 10.3. The van der Waals surface area contributed by atoms with Crippen molar-refractivity contribution in [1.82, 2.24) is 14.9 Å². The molecule has 0 atom stereocenters. The SMILES string of the molecule is Cc1ccc(S(=O)(=O)Nc2ccc(Nc3cc(-c4ccc(OCC5CCN(C)CC5)c(F)c4)ncn3)cc2)c(F)c1.O=CO. The van der Waals surface area contributed by atoms with Gasteiger partial charge in [-0.05, 0) is 106 Å². The zero-order valence-electron chi connectivity index (χ0n) is 24.2. The smallest absolute Gasteiger partial charge is 0.290 e. The van der Waals surface area contributed by atoms with Crippen molar-refractivity contribution < 1.29 is 31.8 Å². The number of ether oxygens (including phenoxy) is 1. The molecule has 13 heteroatoms. The van der Waals surface area contributed by atoms with Gasteiger partial charge in [0, 0.05) is 23.0 Å². The topological polar surface area (TPSA) is 134 Å². The number of hydrogen-bond donors (Lipinski definition) is 3. The number of carboxylic acid groups (broad SMARTS) is 1. The Balaban J connectivity index is 0.00000141. The fourth-order valence-corrected chi connectivity index (χ4v) is 5.72. The number of rotatable bonds is 9. The molecule has 1 aliphatic rings.